The van der Waals surface area contributed by atoms with Crippen molar-refractivity contribution in [1.82, 2.24) is 15.0 Å². The summed E-state index contributed by atoms with van der Waals surface area (Å²) in [7, 11) is 0. The van der Waals surface area contributed by atoms with Crippen molar-refractivity contribution in [2.75, 3.05) is 0 Å². The molecule has 23 heavy (non-hydrogen) atoms. The van der Waals surface area contributed by atoms with E-state index in [0.29, 0.717) is 5.69 Å². The van der Waals surface area contributed by atoms with E-state index >= 15 is 0 Å². The van der Waals surface area contributed by atoms with Crippen molar-refractivity contribution < 1.29 is 9.90 Å². The van der Waals surface area contributed by atoms with Gasteiger partial charge in [0.15, 0.2) is 5.69 Å². The molecule has 0 saturated carbocycles. The summed E-state index contributed by atoms with van der Waals surface area (Å²) in [6, 6.07) is 17.8. The highest BCUT2D eigenvalue weighted by Gasteiger charge is 2.21. The van der Waals surface area contributed by atoms with Gasteiger partial charge in [0.05, 0.1) is 0 Å². The summed E-state index contributed by atoms with van der Waals surface area (Å²) in [6.45, 7) is 3.89. The Balaban J connectivity index is 2.06. The van der Waals surface area contributed by atoms with Gasteiger partial charge in [0.1, 0.15) is 5.69 Å². The standard InChI is InChI=1S/C18H17N3O2/c1-12(2)21-17(16(18(22)23)19-20-21)15-10-8-14(9-11-15)13-6-4-3-5-7-13/h3-12H,1-2H3,(H,22,23). The van der Waals surface area contributed by atoms with Crippen molar-refractivity contribution in [3.63, 3.8) is 0 Å². The van der Waals surface area contributed by atoms with Crippen LogP contribution in [0.2, 0.25) is 0 Å². The Hall–Kier alpha value is -2.95. The molecule has 0 fully saturated rings. The minimum atomic E-state index is -1.07. The number of benzene rings is 2. The zero-order valence-electron chi connectivity index (χ0n) is 13.0. The van der Waals surface area contributed by atoms with Gasteiger partial charge in [-0.3, -0.25) is 0 Å². The highest BCUT2D eigenvalue weighted by atomic mass is 16.4. The van der Waals surface area contributed by atoms with Gasteiger partial charge in [-0.05, 0) is 25.0 Å². The molecule has 5 nitrogen and oxygen atoms in total. The minimum absolute atomic E-state index is 0.0221. The molecule has 2 aromatic carbocycles. The summed E-state index contributed by atoms with van der Waals surface area (Å²) in [5, 5.41) is 17.1. The number of aromatic nitrogens is 3. The average Bonchev–Trinajstić information content (AvgIpc) is 3.01. The normalized spacial score (nSPS) is 10.9. The fourth-order valence-corrected chi connectivity index (χ4v) is 2.52. The van der Waals surface area contributed by atoms with Gasteiger partial charge < -0.3 is 5.11 Å². The van der Waals surface area contributed by atoms with Crippen LogP contribution in [0.25, 0.3) is 22.4 Å². The summed E-state index contributed by atoms with van der Waals surface area (Å²) < 4.78 is 1.64. The lowest BCUT2D eigenvalue weighted by atomic mass is 10.0. The summed E-state index contributed by atoms with van der Waals surface area (Å²) in [6.07, 6.45) is 0. The molecule has 1 N–H and O–H groups in total. The zero-order valence-corrected chi connectivity index (χ0v) is 13.0. The maximum Gasteiger partial charge on any atom is 0.358 e. The monoisotopic (exact) mass is 307 g/mol. The van der Waals surface area contributed by atoms with E-state index < -0.39 is 5.97 Å². The van der Waals surface area contributed by atoms with E-state index in [0.717, 1.165) is 16.7 Å². The minimum Gasteiger partial charge on any atom is -0.476 e. The fourth-order valence-electron chi connectivity index (χ4n) is 2.52. The lowest BCUT2D eigenvalue weighted by molar-refractivity contribution is 0.0691. The molecule has 0 unspecified atom stereocenters. The topological polar surface area (TPSA) is 68.0 Å². The number of carboxylic acid groups (broad SMARTS) is 1. The van der Waals surface area contributed by atoms with Gasteiger partial charge in [-0.15, -0.1) is 5.10 Å². The third kappa shape index (κ3) is 2.85. The predicted molar refractivity (Wildman–Crippen MR) is 88.2 cm³/mol. The van der Waals surface area contributed by atoms with Crippen LogP contribution in [0.1, 0.15) is 30.4 Å². The van der Waals surface area contributed by atoms with Crippen molar-refractivity contribution in [3.8, 4) is 22.4 Å². The summed E-state index contributed by atoms with van der Waals surface area (Å²) in [4.78, 5) is 11.4. The van der Waals surface area contributed by atoms with E-state index in [2.05, 4.69) is 10.3 Å². The molecular formula is C18H17N3O2. The molecule has 0 bridgehead atoms. The van der Waals surface area contributed by atoms with Gasteiger partial charge in [0.2, 0.25) is 0 Å². The van der Waals surface area contributed by atoms with Crippen LogP contribution in [-0.2, 0) is 0 Å². The second kappa shape index (κ2) is 6.04. The van der Waals surface area contributed by atoms with Crippen LogP contribution in [0.4, 0.5) is 0 Å². The van der Waals surface area contributed by atoms with Crippen molar-refractivity contribution >= 4 is 5.97 Å². The molecule has 116 valence electrons. The highest BCUT2D eigenvalue weighted by Crippen LogP contribution is 2.28. The third-order valence-corrected chi connectivity index (χ3v) is 3.65. The quantitative estimate of drug-likeness (QED) is 0.794. The second-order valence-corrected chi connectivity index (χ2v) is 5.57. The second-order valence-electron chi connectivity index (χ2n) is 5.57. The van der Waals surface area contributed by atoms with Crippen LogP contribution in [0.15, 0.2) is 54.6 Å². The molecule has 1 aromatic heterocycles. The van der Waals surface area contributed by atoms with Crippen LogP contribution >= 0.6 is 0 Å². The Kier molecular flexibility index (Phi) is 3.93. The van der Waals surface area contributed by atoms with Gasteiger partial charge in [0, 0.05) is 11.6 Å². The number of aromatic carboxylic acids is 1. The van der Waals surface area contributed by atoms with Gasteiger partial charge in [-0.2, -0.15) is 0 Å². The maximum absolute atomic E-state index is 11.4. The van der Waals surface area contributed by atoms with Gasteiger partial charge in [-0.1, -0.05) is 59.8 Å². The van der Waals surface area contributed by atoms with E-state index in [1.807, 2.05) is 68.4 Å². The molecule has 5 heteroatoms. The summed E-state index contributed by atoms with van der Waals surface area (Å²) in [5.41, 5.74) is 3.50. The number of hydrogen-bond acceptors (Lipinski definition) is 3. The number of hydrogen-bond donors (Lipinski definition) is 1. The first-order valence-corrected chi connectivity index (χ1v) is 7.42. The van der Waals surface area contributed by atoms with Crippen molar-refractivity contribution in [1.29, 1.82) is 0 Å². The molecule has 3 aromatic rings. The lowest BCUT2D eigenvalue weighted by Gasteiger charge is -2.11. The Labute approximate surface area is 134 Å². The predicted octanol–water partition coefficient (Wildman–Crippen LogP) is 3.89. The van der Waals surface area contributed by atoms with Gasteiger partial charge in [0.25, 0.3) is 0 Å². The molecular weight excluding hydrogens is 290 g/mol. The molecule has 1 heterocycles. The average molecular weight is 307 g/mol. The van der Waals surface area contributed by atoms with Crippen LogP contribution < -0.4 is 0 Å². The van der Waals surface area contributed by atoms with Crippen molar-refractivity contribution in [2.45, 2.75) is 19.9 Å². The molecule has 0 amide bonds. The van der Waals surface area contributed by atoms with Crippen molar-refractivity contribution in [2.24, 2.45) is 0 Å². The Morgan fingerprint density at radius 3 is 2.09 bits per heavy atom. The first kappa shape index (κ1) is 15.0. The Bertz CT molecular complexity index is 821. The molecule has 0 saturated heterocycles. The van der Waals surface area contributed by atoms with Crippen LogP contribution in [0.5, 0.6) is 0 Å². The molecule has 0 aliphatic rings. The Morgan fingerprint density at radius 1 is 0.957 bits per heavy atom. The molecule has 0 radical (unpaired) electrons. The van der Waals surface area contributed by atoms with E-state index in [-0.39, 0.29) is 11.7 Å². The number of nitrogens with zero attached hydrogens (tertiary/aromatic N) is 3. The largest absolute Gasteiger partial charge is 0.476 e. The molecule has 0 atom stereocenters. The number of rotatable bonds is 4. The maximum atomic E-state index is 11.4. The molecule has 3 rings (SSSR count). The smallest absolute Gasteiger partial charge is 0.358 e. The van der Waals surface area contributed by atoms with Gasteiger partial charge >= 0.3 is 5.97 Å². The SMILES string of the molecule is CC(C)n1nnc(C(=O)O)c1-c1ccc(-c2ccccc2)cc1. The number of carbonyl (C=O) groups is 1. The molecule has 0 spiro atoms. The van der Waals surface area contributed by atoms with E-state index in [4.69, 9.17) is 0 Å². The van der Waals surface area contributed by atoms with Crippen LogP contribution in [0.3, 0.4) is 0 Å². The number of carboxylic acids is 1. The zero-order chi connectivity index (χ0) is 16.4. The first-order valence-electron chi connectivity index (χ1n) is 7.42. The van der Waals surface area contributed by atoms with Crippen LogP contribution in [0, 0.1) is 0 Å². The lowest BCUT2D eigenvalue weighted by Crippen LogP contribution is -2.07. The highest BCUT2D eigenvalue weighted by molar-refractivity contribution is 5.92. The molecule has 0 aliphatic carbocycles. The fraction of sp³-hybridized carbons (Fsp3) is 0.167. The summed E-state index contributed by atoms with van der Waals surface area (Å²) in [5.74, 6) is -1.07. The summed E-state index contributed by atoms with van der Waals surface area (Å²) >= 11 is 0. The van der Waals surface area contributed by atoms with Crippen LogP contribution in [-0.4, -0.2) is 26.1 Å². The Morgan fingerprint density at radius 2 is 1.52 bits per heavy atom. The van der Waals surface area contributed by atoms with Crippen molar-refractivity contribution in [3.05, 3.63) is 60.3 Å². The van der Waals surface area contributed by atoms with E-state index in [1.54, 1.807) is 4.68 Å². The third-order valence-electron chi connectivity index (χ3n) is 3.65. The molecule has 0 aliphatic heterocycles. The first-order chi connectivity index (χ1) is 11.1. The van der Waals surface area contributed by atoms with E-state index in [9.17, 15) is 9.90 Å². The van der Waals surface area contributed by atoms with Gasteiger partial charge in [-0.25, -0.2) is 9.48 Å². The van der Waals surface area contributed by atoms with E-state index in [1.165, 1.54) is 0 Å².